The van der Waals surface area contributed by atoms with Crippen molar-refractivity contribution in [3.8, 4) is 0 Å². The van der Waals surface area contributed by atoms with Gasteiger partial charge in [-0.25, -0.2) is 4.79 Å². The van der Waals surface area contributed by atoms with Crippen LogP contribution in [0, 0.1) is 35.0 Å². The maximum Gasteiger partial charge on any atom is 0.407 e. The maximum atomic E-state index is 14.4. The van der Waals surface area contributed by atoms with Crippen LogP contribution in [0.2, 0.25) is 0 Å². The molecule has 4 rings (SSSR count). The Morgan fingerprint density at radius 1 is 0.943 bits per heavy atom. The van der Waals surface area contributed by atoms with Gasteiger partial charge in [-0.3, -0.25) is 28.8 Å². The van der Waals surface area contributed by atoms with Gasteiger partial charge in [0, 0.05) is 20.6 Å². The van der Waals surface area contributed by atoms with Crippen molar-refractivity contribution < 1.29 is 38.3 Å². The summed E-state index contributed by atoms with van der Waals surface area (Å²) in [6.07, 6.45) is 2.88. The lowest BCUT2D eigenvalue weighted by Crippen LogP contribution is -2.60. The lowest BCUT2D eigenvalue weighted by atomic mass is 9.78. The van der Waals surface area contributed by atoms with E-state index in [-0.39, 0.29) is 42.6 Å². The summed E-state index contributed by atoms with van der Waals surface area (Å²) in [6.45, 7) is 11.1. The molecule has 2 unspecified atom stereocenters. The molecule has 0 spiro atoms. The smallest absolute Gasteiger partial charge is 0.407 e. The SMILES string of the molecule is CCC[C@H](NC(=O)[C@@H]1[C@@H]2C(CN1C(=O)[C@@H](NC(=O)OCC(C)C)C(C)(C)C)[C@@H]1CC[C@@H]2C1)C(=O)C(=O)NCC(=O)NC(C(=O)N(C)C)c1ccccc1. The minimum Gasteiger partial charge on any atom is -0.449 e. The zero-order valence-corrected chi connectivity index (χ0v) is 32.4. The first kappa shape index (κ1) is 41.3. The van der Waals surface area contributed by atoms with Crippen molar-refractivity contribution in [1.29, 1.82) is 0 Å². The summed E-state index contributed by atoms with van der Waals surface area (Å²) < 4.78 is 5.34. The number of hydrogen-bond donors (Lipinski definition) is 4. The Morgan fingerprint density at radius 2 is 1.60 bits per heavy atom. The zero-order chi connectivity index (χ0) is 39.2. The number of carbonyl (C=O) groups excluding carboxylic acids is 7. The van der Waals surface area contributed by atoms with E-state index >= 15 is 0 Å². The minimum atomic E-state index is -1.19. The highest BCUT2D eigenvalue weighted by atomic mass is 16.5. The molecule has 2 bridgehead atoms. The van der Waals surface area contributed by atoms with E-state index in [4.69, 9.17) is 4.74 Å². The molecule has 0 aromatic heterocycles. The van der Waals surface area contributed by atoms with Crippen molar-refractivity contribution in [3.05, 3.63) is 35.9 Å². The van der Waals surface area contributed by atoms with Gasteiger partial charge in [-0.15, -0.1) is 0 Å². The van der Waals surface area contributed by atoms with Crippen LogP contribution in [0.5, 0.6) is 0 Å². The Bertz CT molecular complexity index is 1530. The lowest BCUT2D eigenvalue weighted by molar-refractivity contribution is -0.145. The number of likely N-dealkylation sites (N-methyl/N-ethyl adjacent to an activating group) is 1. The van der Waals surface area contributed by atoms with Gasteiger partial charge in [-0.05, 0) is 66.3 Å². The predicted molar refractivity (Wildman–Crippen MR) is 197 cm³/mol. The summed E-state index contributed by atoms with van der Waals surface area (Å²) in [4.78, 5) is 96.8. The second kappa shape index (κ2) is 17.6. The molecule has 6 amide bonds. The average molecular weight is 739 g/mol. The van der Waals surface area contributed by atoms with Gasteiger partial charge in [0.15, 0.2) is 0 Å². The molecule has 2 saturated carbocycles. The van der Waals surface area contributed by atoms with Gasteiger partial charge in [0.1, 0.15) is 18.1 Å². The molecule has 292 valence electrons. The number of likely N-dealkylation sites (tertiary alicyclic amines) is 1. The fourth-order valence-electron chi connectivity index (χ4n) is 8.15. The third kappa shape index (κ3) is 9.94. The quantitative estimate of drug-likeness (QED) is 0.198. The molecule has 1 aliphatic heterocycles. The first-order valence-corrected chi connectivity index (χ1v) is 18.9. The van der Waals surface area contributed by atoms with E-state index in [1.165, 1.54) is 4.90 Å². The van der Waals surface area contributed by atoms with E-state index in [9.17, 15) is 33.6 Å². The molecule has 1 aromatic carbocycles. The fourth-order valence-corrected chi connectivity index (χ4v) is 8.15. The molecule has 1 aromatic rings. The summed E-state index contributed by atoms with van der Waals surface area (Å²) in [5.41, 5.74) is -0.155. The van der Waals surface area contributed by atoms with E-state index in [2.05, 4.69) is 21.3 Å². The van der Waals surface area contributed by atoms with Crippen LogP contribution in [0.4, 0.5) is 4.79 Å². The molecule has 2 aliphatic carbocycles. The van der Waals surface area contributed by atoms with Crippen LogP contribution in [0.15, 0.2) is 30.3 Å². The highest BCUT2D eigenvalue weighted by Crippen LogP contribution is 2.57. The van der Waals surface area contributed by atoms with E-state index in [0.29, 0.717) is 24.4 Å². The third-order valence-electron chi connectivity index (χ3n) is 10.7. The van der Waals surface area contributed by atoms with Crippen molar-refractivity contribution in [2.75, 3.05) is 33.8 Å². The topological polar surface area (TPSA) is 183 Å². The van der Waals surface area contributed by atoms with Crippen LogP contribution in [-0.4, -0.2) is 103 Å². The second-order valence-electron chi connectivity index (χ2n) is 16.5. The van der Waals surface area contributed by atoms with Crippen molar-refractivity contribution in [2.45, 2.75) is 97.8 Å². The van der Waals surface area contributed by atoms with Crippen LogP contribution >= 0.6 is 0 Å². The van der Waals surface area contributed by atoms with Gasteiger partial charge in [-0.1, -0.05) is 78.3 Å². The van der Waals surface area contributed by atoms with Crippen LogP contribution < -0.4 is 21.3 Å². The summed E-state index contributed by atoms with van der Waals surface area (Å²) in [5.74, 6) is -3.18. The number of amides is 6. The molecule has 14 heteroatoms. The molecule has 53 heavy (non-hydrogen) atoms. The summed E-state index contributed by atoms with van der Waals surface area (Å²) >= 11 is 0. The normalized spacial score (nSPS) is 23.3. The van der Waals surface area contributed by atoms with Crippen molar-refractivity contribution >= 4 is 41.4 Å². The number of benzene rings is 1. The summed E-state index contributed by atoms with van der Waals surface area (Å²) in [7, 11) is 3.13. The Hall–Kier alpha value is -4.49. The molecule has 1 heterocycles. The molecular weight excluding hydrogens is 680 g/mol. The fraction of sp³-hybridized carbons (Fsp3) is 0.667. The third-order valence-corrected chi connectivity index (χ3v) is 10.7. The number of alkyl carbamates (subject to hydrolysis) is 1. The molecule has 8 atom stereocenters. The van der Waals surface area contributed by atoms with E-state index < -0.39 is 71.6 Å². The number of nitrogens with zero attached hydrogens (tertiary/aromatic N) is 2. The average Bonchev–Trinajstić information content (AvgIpc) is 3.83. The number of ketones is 1. The van der Waals surface area contributed by atoms with E-state index in [1.807, 2.05) is 41.5 Å². The van der Waals surface area contributed by atoms with Gasteiger partial charge < -0.3 is 35.8 Å². The first-order chi connectivity index (χ1) is 24.9. The first-order valence-electron chi connectivity index (χ1n) is 18.9. The highest BCUT2D eigenvalue weighted by Gasteiger charge is 2.60. The number of ether oxygens (including phenoxy) is 1. The highest BCUT2D eigenvalue weighted by molar-refractivity contribution is 6.38. The van der Waals surface area contributed by atoms with E-state index in [1.54, 1.807) is 49.3 Å². The predicted octanol–water partition coefficient (Wildman–Crippen LogP) is 2.57. The van der Waals surface area contributed by atoms with Crippen LogP contribution in [0.25, 0.3) is 0 Å². The standard InChI is InChI=1S/C39H58N6O8/c1-9-13-27(32(47)35(49)40-19-28(46)42-30(36(50)44(7)8)23-14-11-10-12-15-23)41-34(48)31-29-25-17-16-24(18-25)26(29)20-45(31)37(51)33(39(4,5)6)43-38(52)53-21-22(2)3/h10-12,14-15,22,24-27,29-31,33H,9,13,16-21H2,1-8H3,(H,40,49)(H,41,48)(H,42,46)(H,43,52)/t24-,25-,26?,27+,29+,30?,31+,33-/m1/s1. The molecule has 3 fully saturated rings. The summed E-state index contributed by atoms with van der Waals surface area (Å²) in [5, 5.41) is 10.5. The summed E-state index contributed by atoms with van der Waals surface area (Å²) in [6, 6.07) is 4.61. The Labute approximate surface area is 312 Å². The van der Waals surface area contributed by atoms with Gasteiger partial charge in [-0.2, -0.15) is 0 Å². The van der Waals surface area contributed by atoms with Crippen LogP contribution in [0.3, 0.4) is 0 Å². The molecule has 0 radical (unpaired) electrons. The van der Waals surface area contributed by atoms with Gasteiger partial charge >= 0.3 is 6.09 Å². The number of nitrogens with one attached hydrogen (secondary N) is 4. The molecule has 4 N–H and O–H groups in total. The number of Topliss-reactive ketones (excluding diaryl/α,β-unsaturated/α-hetero) is 1. The van der Waals surface area contributed by atoms with Gasteiger partial charge in [0.05, 0.1) is 19.2 Å². The Balaban J connectivity index is 1.47. The largest absolute Gasteiger partial charge is 0.449 e. The molecule has 3 aliphatic rings. The minimum absolute atomic E-state index is 0.106. The van der Waals surface area contributed by atoms with Crippen molar-refractivity contribution in [2.24, 2.45) is 35.0 Å². The van der Waals surface area contributed by atoms with E-state index in [0.717, 1.165) is 19.3 Å². The monoisotopic (exact) mass is 738 g/mol. The maximum absolute atomic E-state index is 14.4. The number of carbonyl (C=O) groups is 7. The molecule has 14 nitrogen and oxygen atoms in total. The molecule has 1 saturated heterocycles. The van der Waals surface area contributed by atoms with Crippen LogP contribution in [-0.2, 0) is 33.5 Å². The van der Waals surface area contributed by atoms with Crippen molar-refractivity contribution in [3.63, 3.8) is 0 Å². The zero-order valence-electron chi connectivity index (χ0n) is 32.4. The Kier molecular flexibility index (Phi) is 13.7. The lowest BCUT2D eigenvalue weighted by Gasteiger charge is -2.37. The van der Waals surface area contributed by atoms with Gasteiger partial charge in [0.2, 0.25) is 29.4 Å². The van der Waals surface area contributed by atoms with Gasteiger partial charge in [0.25, 0.3) is 5.91 Å². The second-order valence-corrected chi connectivity index (χ2v) is 16.5. The molecular formula is C39H58N6O8. The number of rotatable bonds is 15. The van der Waals surface area contributed by atoms with Crippen LogP contribution in [0.1, 0.15) is 85.3 Å². The van der Waals surface area contributed by atoms with Crippen molar-refractivity contribution in [1.82, 2.24) is 31.1 Å². The number of hydrogen-bond acceptors (Lipinski definition) is 8. The number of fused-ring (bicyclic) bond motifs is 5. The Morgan fingerprint density at radius 3 is 2.21 bits per heavy atom.